The Balaban J connectivity index is 0.000000149. The highest BCUT2D eigenvalue weighted by atomic mass is 35.5. The Bertz CT molecular complexity index is 922. The minimum Gasteiger partial charge on any atom is -0.396 e. The predicted molar refractivity (Wildman–Crippen MR) is 86.8 cm³/mol. The molecule has 0 bridgehead atoms. The van der Waals surface area contributed by atoms with E-state index in [9.17, 15) is 0 Å². The topological polar surface area (TPSA) is 118 Å². The van der Waals surface area contributed by atoms with E-state index in [-0.39, 0.29) is 6.61 Å². The van der Waals surface area contributed by atoms with Gasteiger partial charge in [-0.2, -0.15) is 0 Å². The second-order valence-electron chi connectivity index (χ2n) is 4.59. The first-order valence-electron chi connectivity index (χ1n) is 7.10. The van der Waals surface area contributed by atoms with Gasteiger partial charge in [0.1, 0.15) is 18.5 Å². The monoisotopic (exact) mass is 347 g/mol. The minimum atomic E-state index is 0.179. The third-order valence-electron chi connectivity index (χ3n) is 2.91. The van der Waals surface area contributed by atoms with Gasteiger partial charge < -0.3 is 10.4 Å². The first-order valence-corrected chi connectivity index (χ1v) is 7.48. The Morgan fingerprint density at radius 3 is 2.33 bits per heavy atom. The molecule has 0 fully saturated rings. The first-order chi connectivity index (χ1) is 11.8. The Hall–Kier alpha value is -2.85. The average Bonchev–Trinajstić information content (AvgIpc) is 3.23. The predicted octanol–water partition coefficient (Wildman–Crippen LogP) is 0.696. The van der Waals surface area contributed by atoms with Crippen LogP contribution in [0.25, 0.3) is 11.3 Å². The molecule has 124 valence electrons. The van der Waals surface area contributed by atoms with Crippen LogP contribution in [0.5, 0.6) is 0 Å². The van der Waals surface area contributed by atoms with Crippen molar-refractivity contribution in [2.75, 3.05) is 18.5 Å². The fraction of sp³-hybridized carbons (Fsp3) is 0.231. The fourth-order valence-corrected chi connectivity index (χ4v) is 1.94. The highest BCUT2D eigenvalue weighted by Gasteiger charge is 1.98. The van der Waals surface area contributed by atoms with Crippen molar-refractivity contribution in [1.29, 1.82) is 0 Å². The Morgan fingerprint density at radius 1 is 0.958 bits per heavy atom. The SMILES string of the molecule is Clc1ccc2ncnn2n1.OCCCNc1ccc2ncnn2n1. The van der Waals surface area contributed by atoms with E-state index in [1.165, 1.54) is 21.9 Å². The number of halogens is 1. The van der Waals surface area contributed by atoms with Crippen LogP contribution in [0, 0.1) is 0 Å². The summed E-state index contributed by atoms with van der Waals surface area (Å²) in [7, 11) is 0. The molecule has 4 aromatic rings. The van der Waals surface area contributed by atoms with Crippen LogP contribution >= 0.6 is 11.6 Å². The van der Waals surface area contributed by atoms with Crippen LogP contribution in [0.1, 0.15) is 6.42 Å². The maximum atomic E-state index is 8.60. The number of nitrogens with one attached hydrogen (secondary N) is 1. The van der Waals surface area contributed by atoms with Gasteiger partial charge in [0.15, 0.2) is 16.4 Å². The molecule has 11 heteroatoms. The van der Waals surface area contributed by atoms with Crippen LogP contribution in [0.2, 0.25) is 5.15 Å². The highest BCUT2D eigenvalue weighted by Crippen LogP contribution is 2.03. The van der Waals surface area contributed by atoms with Crippen molar-refractivity contribution in [3.8, 4) is 0 Å². The van der Waals surface area contributed by atoms with Gasteiger partial charge in [-0.15, -0.1) is 29.7 Å². The van der Waals surface area contributed by atoms with E-state index in [1.54, 1.807) is 12.1 Å². The molecule has 0 unspecified atom stereocenters. The minimum absolute atomic E-state index is 0.179. The van der Waals surface area contributed by atoms with E-state index < -0.39 is 0 Å². The summed E-state index contributed by atoms with van der Waals surface area (Å²) in [6, 6.07) is 7.09. The molecule has 10 nitrogen and oxygen atoms in total. The maximum absolute atomic E-state index is 8.60. The van der Waals surface area contributed by atoms with Crippen molar-refractivity contribution < 1.29 is 5.11 Å². The molecule has 0 spiro atoms. The van der Waals surface area contributed by atoms with Crippen molar-refractivity contribution >= 4 is 28.7 Å². The molecule has 0 amide bonds. The number of hydrogen-bond acceptors (Lipinski definition) is 8. The van der Waals surface area contributed by atoms with Crippen molar-refractivity contribution in [2.24, 2.45) is 0 Å². The van der Waals surface area contributed by atoms with E-state index in [1.807, 2.05) is 12.1 Å². The molecule has 0 saturated carbocycles. The summed E-state index contributed by atoms with van der Waals surface area (Å²) in [5.74, 6) is 0.733. The molecule has 0 aliphatic carbocycles. The molecule has 4 rings (SSSR count). The van der Waals surface area contributed by atoms with Crippen LogP contribution in [0.3, 0.4) is 0 Å². The zero-order valence-corrected chi connectivity index (χ0v) is 13.2. The normalized spacial score (nSPS) is 10.6. The standard InChI is InChI=1S/C8H11N5O.C5H3ClN4/c14-5-1-4-9-7-2-3-8-10-6-11-13(8)12-7;6-4-1-2-5-7-3-8-10(5)9-4/h2-3,6,14H,1,4-5H2,(H,9,12);1-3H. The summed E-state index contributed by atoms with van der Waals surface area (Å²) >= 11 is 5.58. The number of fused-ring (bicyclic) bond motifs is 2. The molecule has 2 N–H and O–H groups in total. The van der Waals surface area contributed by atoms with Gasteiger partial charge in [-0.25, -0.2) is 9.97 Å². The van der Waals surface area contributed by atoms with Crippen molar-refractivity contribution in [1.82, 2.24) is 39.6 Å². The van der Waals surface area contributed by atoms with Gasteiger partial charge in [-0.05, 0) is 30.7 Å². The van der Waals surface area contributed by atoms with Gasteiger partial charge in [-0.3, -0.25) is 0 Å². The van der Waals surface area contributed by atoms with Gasteiger partial charge in [0.05, 0.1) is 0 Å². The number of nitrogens with zero attached hydrogens (tertiary/aromatic N) is 8. The second-order valence-corrected chi connectivity index (χ2v) is 4.98. The molecule has 24 heavy (non-hydrogen) atoms. The lowest BCUT2D eigenvalue weighted by molar-refractivity contribution is 0.292. The molecule has 0 radical (unpaired) electrons. The average molecular weight is 348 g/mol. The summed E-state index contributed by atoms with van der Waals surface area (Å²) in [6.07, 6.45) is 3.59. The van der Waals surface area contributed by atoms with Gasteiger partial charge in [-0.1, -0.05) is 11.6 Å². The maximum Gasteiger partial charge on any atom is 0.176 e. The van der Waals surface area contributed by atoms with Crippen LogP contribution in [0.15, 0.2) is 36.9 Å². The Kier molecular flexibility index (Phi) is 5.08. The van der Waals surface area contributed by atoms with E-state index in [2.05, 4.69) is 35.7 Å². The van der Waals surface area contributed by atoms with Crippen molar-refractivity contribution in [3.63, 3.8) is 0 Å². The lowest BCUT2D eigenvalue weighted by Gasteiger charge is -2.02. The van der Waals surface area contributed by atoms with Crippen LogP contribution < -0.4 is 5.32 Å². The van der Waals surface area contributed by atoms with E-state index in [0.717, 1.165) is 11.5 Å². The molecule has 0 aromatic carbocycles. The highest BCUT2D eigenvalue weighted by molar-refractivity contribution is 6.29. The molecule has 0 saturated heterocycles. The molecule has 0 aliphatic heterocycles. The van der Waals surface area contributed by atoms with Gasteiger partial charge >= 0.3 is 0 Å². The van der Waals surface area contributed by atoms with E-state index >= 15 is 0 Å². The first kappa shape index (κ1) is 16.0. The second kappa shape index (κ2) is 7.62. The van der Waals surface area contributed by atoms with E-state index in [4.69, 9.17) is 16.7 Å². The third-order valence-corrected chi connectivity index (χ3v) is 3.11. The lowest BCUT2D eigenvalue weighted by Crippen LogP contribution is -2.07. The van der Waals surface area contributed by atoms with Crippen LogP contribution in [-0.4, -0.2) is 57.9 Å². The zero-order valence-electron chi connectivity index (χ0n) is 12.5. The number of aliphatic hydroxyl groups is 1. The van der Waals surface area contributed by atoms with Gasteiger partial charge in [0, 0.05) is 13.2 Å². The van der Waals surface area contributed by atoms with Gasteiger partial charge in [0.25, 0.3) is 0 Å². The molecule has 4 heterocycles. The summed E-state index contributed by atoms with van der Waals surface area (Å²) in [5, 5.41) is 27.8. The molecule has 0 atom stereocenters. The molecule has 0 aliphatic rings. The summed E-state index contributed by atoms with van der Waals surface area (Å²) in [5.41, 5.74) is 1.42. The smallest absolute Gasteiger partial charge is 0.176 e. The number of hydrogen-bond donors (Lipinski definition) is 2. The molecular formula is C13H14ClN9O. The number of rotatable bonds is 4. The quantitative estimate of drug-likeness (QED) is 0.518. The Morgan fingerprint density at radius 2 is 1.62 bits per heavy atom. The van der Waals surface area contributed by atoms with Gasteiger partial charge in [0.2, 0.25) is 0 Å². The van der Waals surface area contributed by atoms with Crippen molar-refractivity contribution in [3.05, 3.63) is 42.1 Å². The summed E-state index contributed by atoms with van der Waals surface area (Å²) in [4.78, 5) is 7.87. The number of anilines is 1. The van der Waals surface area contributed by atoms with Crippen molar-refractivity contribution in [2.45, 2.75) is 6.42 Å². The van der Waals surface area contributed by atoms with Crippen LogP contribution in [0.4, 0.5) is 5.82 Å². The third kappa shape index (κ3) is 3.91. The summed E-state index contributed by atoms with van der Waals surface area (Å²) < 4.78 is 2.84. The largest absolute Gasteiger partial charge is 0.396 e. The number of aliphatic hydroxyl groups excluding tert-OH is 1. The van der Waals surface area contributed by atoms with E-state index in [0.29, 0.717) is 23.8 Å². The lowest BCUT2D eigenvalue weighted by atomic mass is 10.4. The fourth-order valence-electron chi connectivity index (χ4n) is 1.81. The number of aromatic nitrogens is 8. The molecule has 4 aromatic heterocycles. The summed E-state index contributed by atoms with van der Waals surface area (Å²) in [6.45, 7) is 0.877. The van der Waals surface area contributed by atoms with Crippen LogP contribution in [-0.2, 0) is 0 Å². The Labute approximate surface area is 141 Å². The zero-order chi connectivity index (χ0) is 16.8. The molecular weight excluding hydrogens is 334 g/mol.